The molecule has 2 aromatic carbocycles. The summed E-state index contributed by atoms with van der Waals surface area (Å²) in [5, 5.41) is 13.9. The number of hydrogen-bond acceptors (Lipinski definition) is 6. The van der Waals surface area contributed by atoms with Crippen LogP contribution in [0.4, 0.5) is 15.8 Å². The van der Waals surface area contributed by atoms with Crippen molar-refractivity contribution in [1.82, 2.24) is 15.5 Å². The number of carbonyl (C=O) groups excluding carboxylic acids is 2. The van der Waals surface area contributed by atoms with E-state index in [0.717, 1.165) is 43.1 Å². The molecule has 0 radical (unpaired) electrons. The number of aliphatic hydroxyl groups is 1. The van der Waals surface area contributed by atoms with Gasteiger partial charge in [-0.3, -0.25) is 14.5 Å². The zero-order valence-electron chi connectivity index (χ0n) is 19.1. The molecule has 8 nitrogen and oxygen atoms in total. The van der Waals surface area contributed by atoms with Crippen LogP contribution in [0.5, 0.6) is 0 Å². The summed E-state index contributed by atoms with van der Waals surface area (Å²) >= 11 is 0. The molecule has 1 aliphatic rings. The fourth-order valence-electron chi connectivity index (χ4n) is 3.92. The Morgan fingerprint density at radius 3 is 2.15 bits per heavy atom. The maximum atomic E-state index is 13.3. The van der Waals surface area contributed by atoms with Crippen LogP contribution in [0.3, 0.4) is 0 Å². The van der Waals surface area contributed by atoms with Crippen LogP contribution in [0.25, 0.3) is 0 Å². The summed E-state index contributed by atoms with van der Waals surface area (Å²) in [6.07, 6.45) is 0. The predicted octanol–water partition coefficient (Wildman–Crippen LogP) is 0.980. The van der Waals surface area contributed by atoms with Gasteiger partial charge in [-0.15, -0.1) is 0 Å². The Kier molecular flexibility index (Phi) is 8.62. The number of piperazine rings is 1. The number of nitrogens with one attached hydrogen (secondary N) is 2. The van der Waals surface area contributed by atoms with E-state index < -0.39 is 11.8 Å². The number of benzene rings is 2. The first-order valence-corrected chi connectivity index (χ1v) is 11.1. The highest BCUT2D eigenvalue weighted by atomic mass is 19.1. The first kappa shape index (κ1) is 24.5. The molecule has 1 aliphatic heterocycles. The number of rotatable bonds is 8. The second-order valence-electron chi connectivity index (χ2n) is 8.19. The lowest BCUT2D eigenvalue weighted by molar-refractivity contribution is -0.139. The summed E-state index contributed by atoms with van der Waals surface area (Å²) in [4.78, 5) is 30.6. The average Bonchev–Trinajstić information content (AvgIpc) is 2.83. The zero-order valence-corrected chi connectivity index (χ0v) is 19.1. The van der Waals surface area contributed by atoms with Gasteiger partial charge in [0.1, 0.15) is 5.82 Å². The van der Waals surface area contributed by atoms with Crippen molar-refractivity contribution < 1.29 is 19.1 Å². The van der Waals surface area contributed by atoms with Crippen LogP contribution in [-0.4, -0.2) is 81.8 Å². The zero-order chi connectivity index (χ0) is 23.8. The molecule has 3 rings (SSSR count). The normalized spacial score (nSPS) is 15.1. The summed E-state index contributed by atoms with van der Waals surface area (Å²) in [7, 11) is 3.96. The van der Waals surface area contributed by atoms with Gasteiger partial charge in [0.25, 0.3) is 0 Å². The van der Waals surface area contributed by atoms with Gasteiger partial charge in [0.05, 0.1) is 12.6 Å². The van der Waals surface area contributed by atoms with Gasteiger partial charge in [0.15, 0.2) is 0 Å². The van der Waals surface area contributed by atoms with E-state index in [1.54, 1.807) is 12.1 Å². The van der Waals surface area contributed by atoms with Crippen molar-refractivity contribution in [3.63, 3.8) is 0 Å². The Balaban J connectivity index is 1.69. The molecule has 0 aromatic heterocycles. The quantitative estimate of drug-likeness (QED) is 0.513. The molecular formula is C24H32FN5O3. The van der Waals surface area contributed by atoms with Crippen LogP contribution in [0.2, 0.25) is 0 Å². The Morgan fingerprint density at radius 2 is 1.58 bits per heavy atom. The van der Waals surface area contributed by atoms with Crippen LogP contribution >= 0.6 is 0 Å². The molecule has 1 unspecified atom stereocenters. The van der Waals surface area contributed by atoms with Gasteiger partial charge in [-0.1, -0.05) is 12.1 Å². The predicted molar refractivity (Wildman–Crippen MR) is 127 cm³/mol. The fourth-order valence-corrected chi connectivity index (χ4v) is 3.92. The van der Waals surface area contributed by atoms with Crippen LogP contribution in [0.1, 0.15) is 11.6 Å². The van der Waals surface area contributed by atoms with Crippen molar-refractivity contribution in [2.45, 2.75) is 6.04 Å². The first-order chi connectivity index (χ1) is 15.9. The Morgan fingerprint density at radius 1 is 0.970 bits per heavy atom. The lowest BCUT2D eigenvalue weighted by Gasteiger charge is -2.40. The van der Waals surface area contributed by atoms with E-state index in [4.69, 9.17) is 5.11 Å². The van der Waals surface area contributed by atoms with Gasteiger partial charge < -0.3 is 25.5 Å². The number of halogens is 1. The van der Waals surface area contributed by atoms with Gasteiger partial charge in [0.2, 0.25) is 0 Å². The van der Waals surface area contributed by atoms with Crippen molar-refractivity contribution in [1.29, 1.82) is 0 Å². The highest BCUT2D eigenvalue weighted by molar-refractivity contribution is 6.35. The van der Waals surface area contributed by atoms with E-state index in [2.05, 4.69) is 20.4 Å². The minimum atomic E-state index is -0.758. The molecule has 2 aromatic rings. The van der Waals surface area contributed by atoms with Crippen LogP contribution < -0.4 is 20.4 Å². The number of nitrogens with zero attached hydrogens (tertiary/aromatic N) is 3. The van der Waals surface area contributed by atoms with E-state index in [-0.39, 0.29) is 31.6 Å². The smallest absolute Gasteiger partial charge is 0.309 e. The summed E-state index contributed by atoms with van der Waals surface area (Å²) in [5.41, 5.74) is 3.11. The molecular weight excluding hydrogens is 425 g/mol. The summed E-state index contributed by atoms with van der Waals surface area (Å²) in [6, 6.07) is 14.6. The van der Waals surface area contributed by atoms with Gasteiger partial charge in [0, 0.05) is 64.7 Å². The molecule has 178 valence electrons. The number of anilines is 2. The minimum Gasteiger partial charge on any atom is -0.395 e. The van der Waals surface area contributed by atoms with E-state index in [1.165, 1.54) is 12.1 Å². The monoisotopic (exact) mass is 457 g/mol. The first-order valence-electron chi connectivity index (χ1n) is 11.1. The van der Waals surface area contributed by atoms with Crippen molar-refractivity contribution in [3.8, 4) is 0 Å². The third-order valence-corrected chi connectivity index (χ3v) is 5.80. The van der Waals surface area contributed by atoms with Crippen LogP contribution in [0.15, 0.2) is 48.5 Å². The van der Waals surface area contributed by atoms with Gasteiger partial charge in [-0.05, 0) is 42.0 Å². The summed E-state index contributed by atoms with van der Waals surface area (Å²) in [5.74, 6) is -1.73. The molecule has 9 heteroatoms. The second kappa shape index (κ2) is 11.6. The molecule has 1 saturated heterocycles. The van der Waals surface area contributed by atoms with Crippen molar-refractivity contribution in [2.75, 3.05) is 69.8 Å². The molecule has 1 fully saturated rings. The maximum absolute atomic E-state index is 13.3. The lowest BCUT2D eigenvalue weighted by Crippen LogP contribution is -2.51. The second-order valence-corrected chi connectivity index (χ2v) is 8.19. The molecule has 0 saturated carbocycles. The number of hydrogen-bond donors (Lipinski definition) is 3. The van der Waals surface area contributed by atoms with E-state index in [0.29, 0.717) is 0 Å². The Bertz CT molecular complexity index is 913. The standard InChI is InChI=1S/C24H32FN5O3/c1-28(2)20-7-3-18(4-8-20)22(17-27-24(33)23(32)26-11-16-31)30-14-12-29(13-15-30)21-9-5-19(25)6-10-21/h3-10,22,31H,11-17H2,1-2H3,(H,26,32)(H,27,33). The van der Waals surface area contributed by atoms with Gasteiger partial charge >= 0.3 is 11.8 Å². The lowest BCUT2D eigenvalue weighted by atomic mass is 10.0. The highest BCUT2D eigenvalue weighted by Crippen LogP contribution is 2.26. The maximum Gasteiger partial charge on any atom is 0.309 e. The largest absolute Gasteiger partial charge is 0.395 e. The molecule has 1 atom stereocenters. The number of aliphatic hydroxyl groups excluding tert-OH is 1. The van der Waals surface area contributed by atoms with Crippen molar-refractivity contribution in [3.05, 3.63) is 59.9 Å². The average molecular weight is 458 g/mol. The van der Waals surface area contributed by atoms with Crippen LogP contribution in [-0.2, 0) is 9.59 Å². The highest BCUT2D eigenvalue weighted by Gasteiger charge is 2.26. The third-order valence-electron chi connectivity index (χ3n) is 5.80. The Labute approximate surface area is 194 Å². The van der Waals surface area contributed by atoms with E-state index in [9.17, 15) is 14.0 Å². The molecule has 3 N–H and O–H groups in total. The molecule has 2 amide bonds. The van der Waals surface area contributed by atoms with Crippen molar-refractivity contribution >= 4 is 23.2 Å². The third kappa shape index (κ3) is 6.66. The van der Waals surface area contributed by atoms with Gasteiger partial charge in [-0.2, -0.15) is 0 Å². The minimum absolute atomic E-state index is 0.0347. The molecule has 33 heavy (non-hydrogen) atoms. The van der Waals surface area contributed by atoms with Crippen molar-refractivity contribution in [2.24, 2.45) is 0 Å². The van der Waals surface area contributed by atoms with Crippen LogP contribution in [0, 0.1) is 5.82 Å². The van der Waals surface area contributed by atoms with E-state index in [1.807, 2.05) is 43.3 Å². The fraction of sp³-hybridized carbons (Fsp3) is 0.417. The molecule has 0 aliphatic carbocycles. The SMILES string of the molecule is CN(C)c1ccc(C(CNC(=O)C(=O)NCCO)N2CCN(c3ccc(F)cc3)CC2)cc1. The van der Waals surface area contributed by atoms with Gasteiger partial charge in [-0.25, -0.2) is 4.39 Å². The summed E-state index contributed by atoms with van der Waals surface area (Å²) < 4.78 is 13.3. The molecule has 1 heterocycles. The number of amides is 2. The molecule has 0 spiro atoms. The molecule has 0 bridgehead atoms. The summed E-state index contributed by atoms with van der Waals surface area (Å²) in [6.45, 7) is 3.13. The number of carbonyl (C=O) groups is 2. The Hall–Kier alpha value is -3.17. The van der Waals surface area contributed by atoms with E-state index >= 15 is 0 Å². The topological polar surface area (TPSA) is 88.1 Å².